The van der Waals surface area contributed by atoms with E-state index in [4.69, 9.17) is 7.85 Å². The molecule has 0 saturated carbocycles. The van der Waals surface area contributed by atoms with E-state index in [9.17, 15) is 4.79 Å². The number of carbonyl (C=O) groups is 1. The van der Waals surface area contributed by atoms with E-state index in [1.165, 1.54) is 0 Å². The highest BCUT2D eigenvalue weighted by molar-refractivity contribution is 9.10. The zero-order valence-corrected chi connectivity index (χ0v) is 8.17. The average Bonchev–Trinajstić information content (AvgIpc) is 2.09. The predicted molar refractivity (Wildman–Crippen MR) is 53.4 cm³/mol. The largest absolute Gasteiger partial charge is 0.300 e. The highest BCUT2D eigenvalue weighted by Crippen LogP contribution is 2.11. The van der Waals surface area contributed by atoms with Gasteiger partial charge in [-0.3, -0.25) is 0 Å². The Labute approximate surface area is 81.7 Å². The maximum Gasteiger partial charge on any atom is 0.128 e. The van der Waals surface area contributed by atoms with E-state index < -0.39 is 0 Å². The van der Waals surface area contributed by atoms with Gasteiger partial charge in [-0.1, -0.05) is 28.1 Å². The highest BCUT2D eigenvalue weighted by Gasteiger charge is 1.99. The fraction of sp³-hybridized carbons (Fsp3) is 0.222. The first kappa shape index (κ1) is 9.52. The van der Waals surface area contributed by atoms with Gasteiger partial charge in [-0.05, 0) is 24.0 Å². The Morgan fingerprint density at radius 1 is 1.33 bits per heavy atom. The number of benzene rings is 1. The van der Waals surface area contributed by atoms with Gasteiger partial charge in [0.1, 0.15) is 5.78 Å². The summed E-state index contributed by atoms with van der Waals surface area (Å²) in [5.41, 5.74) is 1.01. The van der Waals surface area contributed by atoms with Crippen molar-refractivity contribution in [3.63, 3.8) is 0 Å². The Hall–Kier alpha value is -0.565. The molecule has 0 saturated heterocycles. The molecule has 12 heavy (non-hydrogen) atoms. The van der Waals surface area contributed by atoms with Crippen LogP contribution in [0.4, 0.5) is 0 Å². The van der Waals surface area contributed by atoms with E-state index in [1.54, 1.807) is 0 Å². The van der Waals surface area contributed by atoms with Gasteiger partial charge in [0.05, 0.1) is 7.85 Å². The Kier molecular flexibility index (Phi) is 3.54. The number of Topliss-reactive ketones (excluding diaryl/α,β-unsaturated/α-hetero) is 1. The molecule has 3 heteroatoms. The fourth-order valence-electron chi connectivity index (χ4n) is 0.902. The van der Waals surface area contributed by atoms with E-state index in [-0.39, 0.29) is 12.1 Å². The summed E-state index contributed by atoms with van der Waals surface area (Å²) < 4.78 is 1.02. The van der Waals surface area contributed by atoms with Gasteiger partial charge in [-0.2, -0.15) is 0 Å². The number of halogens is 1. The molecule has 0 atom stereocenters. The quantitative estimate of drug-likeness (QED) is 0.717. The van der Waals surface area contributed by atoms with Crippen molar-refractivity contribution in [2.24, 2.45) is 0 Å². The lowest BCUT2D eigenvalue weighted by atomic mass is 9.96. The fourth-order valence-corrected chi connectivity index (χ4v) is 1.17. The molecule has 0 N–H and O–H groups in total. The molecule has 1 rings (SSSR count). The molecular weight excluding hydrogens is 215 g/mol. The molecule has 0 unspecified atom stereocenters. The highest BCUT2D eigenvalue weighted by atomic mass is 79.9. The number of ketones is 1. The van der Waals surface area contributed by atoms with Gasteiger partial charge >= 0.3 is 0 Å². The lowest BCUT2D eigenvalue weighted by Gasteiger charge is -1.98. The molecule has 0 bridgehead atoms. The van der Waals surface area contributed by atoms with Crippen molar-refractivity contribution in [3.05, 3.63) is 34.3 Å². The van der Waals surface area contributed by atoms with Gasteiger partial charge in [0, 0.05) is 10.9 Å². The third-order valence-electron chi connectivity index (χ3n) is 1.54. The van der Waals surface area contributed by atoms with E-state index in [2.05, 4.69) is 15.9 Å². The van der Waals surface area contributed by atoms with E-state index >= 15 is 0 Å². The first-order valence-corrected chi connectivity index (χ1v) is 4.48. The number of hydrogen-bond donors (Lipinski definition) is 0. The van der Waals surface area contributed by atoms with Gasteiger partial charge in [-0.15, -0.1) is 0 Å². The Morgan fingerprint density at radius 3 is 2.42 bits per heavy atom. The van der Waals surface area contributed by atoms with Gasteiger partial charge in [-0.25, -0.2) is 0 Å². The summed E-state index contributed by atoms with van der Waals surface area (Å²) in [6, 6.07) is 7.66. The summed E-state index contributed by atoms with van der Waals surface area (Å²) >= 11 is 3.32. The predicted octanol–water partition coefficient (Wildman–Crippen LogP) is 2.15. The molecule has 1 aromatic carbocycles. The zero-order valence-electron chi connectivity index (χ0n) is 6.59. The summed E-state index contributed by atoms with van der Waals surface area (Å²) in [5.74, 6) is 0.0670. The standard InChI is InChI=1S/C9H8BBrO/c10-6-9(12)5-7-1-3-8(11)4-2-7/h1-4H,5-6H2. The number of rotatable bonds is 3. The van der Waals surface area contributed by atoms with Crippen LogP contribution in [0.15, 0.2) is 28.7 Å². The van der Waals surface area contributed by atoms with Crippen molar-refractivity contribution in [1.82, 2.24) is 0 Å². The second-order valence-corrected chi connectivity index (χ2v) is 3.46. The molecule has 0 spiro atoms. The minimum Gasteiger partial charge on any atom is -0.300 e. The minimum absolute atomic E-state index is 0.0670. The molecule has 1 nitrogen and oxygen atoms in total. The van der Waals surface area contributed by atoms with Crippen LogP contribution in [0, 0.1) is 0 Å². The van der Waals surface area contributed by atoms with Crippen LogP contribution in [0.1, 0.15) is 5.56 Å². The van der Waals surface area contributed by atoms with Crippen molar-refractivity contribution >= 4 is 29.6 Å². The molecule has 1 aromatic rings. The SMILES string of the molecule is [B]CC(=O)Cc1ccc(Br)cc1. The van der Waals surface area contributed by atoms with E-state index in [0.717, 1.165) is 10.0 Å². The van der Waals surface area contributed by atoms with Crippen LogP contribution in [0.25, 0.3) is 0 Å². The van der Waals surface area contributed by atoms with Crippen LogP contribution >= 0.6 is 15.9 Å². The molecular formula is C9H8BBrO. The maximum absolute atomic E-state index is 10.9. The van der Waals surface area contributed by atoms with Gasteiger partial charge in [0.25, 0.3) is 0 Å². The molecule has 0 aromatic heterocycles. The van der Waals surface area contributed by atoms with Gasteiger partial charge in [0.15, 0.2) is 0 Å². The lowest BCUT2D eigenvalue weighted by Crippen LogP contribution is -2.00. The van der Waals surface area contributed by atoms with Crippen LogP contribution in [0.2, 0.25) is 6.32 Å². The first-order chi connectivity index (χ1) is 5.72. The average molecular weight is 223 g/mol. The summed E-state index contributed by atoms with van der Waals surface area (Å²) in [7, 11) is 5.19. The Bertz CT molecular complexity index is 268. The summed E-state index contributed by atoms with van der Waals surface area (Å²) in [5, 5.41) is 0. The topological polar surface area (TPSA) is 17.1 Å². The Morgan fingerprint density at radius 2 is 1.92 bits per heavy atom. The second-order valence-electron chi connectivity index (χ2n) is 2.55. The summed E-state index contributed by atoms with van der Waals surface area (Å²) in [4.78, 5) is 10.9. The third-order valence-corrected chi connectivity index (χ3v) is 2.07. The molecule has 0 aliphatic heterocycles. The molecule has 0 aliphatic carbocycles. The van der Waals surface area contributed by atoms with Crippen molar-refractivity contribution in [3.8, 4) is 0 Å². The summed E-state index contributed by atoms with van der Waals surface area (Å²) in [6.45, 7) is 0. The van der Waals surface area contributed by atoms with E-state index in [0.29, 0.717) is 6.42 Å². The van der Waals surface area contributed by atoms with Crippen LogP contribution in [0.3, 0.4) is 0 Å². The normalized spacial score (nSPS) is 9.75. The van der Waals surface area contributed by atoms with Crippen molar-refractivity contribution in [1.29, 1.82) is 0 Å². The third kappa shape index (κ3) is 2.82. The van der Waals surface area contributed by atoms with Crippen molar-refractivity contribution in [2.45, 2.75) is 12.7 Å². The minimum atomic E-state index is 0.0670. The number of carbonyl (C=O) groups excluding carboxylic acids is 1. The molecule has 0 fully saturated rings. The zero-order chi connectivity index (χ0) is 8.97. The molecule has 0 heterocycles. The molecule has 2 radical (unpaired) electrons. The molecule has 0 amide bonds. The van der Waals surface area contributed by atoms with Crippen LogP contribution in [0.5, 0.6) is 0 Å². The molecule has 0 aliphatic rings. The van der Waals surface area contributed by atoms with Gasteiger partial charge in [0.2, 0.25) is 0 Å². The Balaban J connectivity index is 2.64. The van der Waals surface area contributed by atoms with Crippen LogP contribution in [-0.4, -0.2) is 13.6 Å². The van der Waals surface area contributed by atoms with Crippen molar-refractivity contribution < 1.29 is 4.79 Å². The second kappa shape index (κ2) is 4.46. The van der Waals surface area contributed by atoms with Crippen molar-refractivity contribution in [2.75, 3.05) is 0 Å². The monoisotopic (exact) mass is 222 g/mol. The van der Waals surface area contributed by atoms with E-state index in [1.807, 2.05) is 24.3 Å². The maximum atomic E-state index is 10.9. The summed E-state index contributed by atoms with van der Waals surface area (Å²) in [6.07, 6.45) is 0.555. The lowest BCUT2D eigenvalue weighted by molar-refractivity contribution is -0.116. The van der Waals surface area contributed by atoms with Crippen LogP contribution in [-0.2, 0) is 11.2 Å². The first-order valence-electron chi connectivity index (χ1n) is 3.68. The van der Waals surface area contributed by atoms with Crippen LogP contribution < -0.4 is 0 Å². The molecule has 60 valence electrons. The number of hydrogen-bond acceptors (Lipinski definition) is 1. The smallest absolute Gasteiger partial charge is 0.128 e. The van der Waals surface area contributed by atoms with Gasteiger partial charge < -0.3 is 4.79 Å².